The Morgan fingerprint density at radius 3 is 2.68 bits per heavy atom. The number of hydrogen-bond donors (Lipinski definition) is 0. The van der Waals surface area contributed by atoms with Gasteiger partial charge in [-0.2, -0.15) is 0 Å². The maximum absolute atomic E-state index is 13.5. The summed E-state index contributed by atoms with van der Waals surface area (Å²) in [5.41, 5.74) is 1.29. The normalized spacial score (nSPS) is 18.2. The first kappa shape index (κ1) is 18.9. The van der Waals surface area contributed by atoms with E-state index >= 15 is 0 Å². The number of benzene rings is 1. The van der Waals surface area contributed by atoms with Crippen molar-refractivity contribution >= 4 is 27.1 Å². The summed E-state index contributed by atoms with van der Waals surface area (Å²) in [4.78, 5) is 20.4. The first-order valence-electron chi connectivity index (χ1n) is 8.99. The molecule has 28 heavy (non-hydrogen) atoms. The molecule has 1 saturated heterocycles. The van der Waals surface area contributed by atoms with Gasteiger partial charge in [-0.05, 0) is 31.0 Å². The van der Waals surface area contributed by atoms with E-state index in [-0.39, 0.29) is 30.0 Å². The molecular weight excluding hydrogens is 396 g/mol. The third kappa shape index (κ3) is 3.88. The largest absolute Gasteiger partial charge is 0.467 e. The van der Waals surface area contributed by atoms with Crippen LogP contribution in [-0.4, -0.2) is 41.8 Å². The van der Waals surface area contributed by atoms with Gasteiger partial charge in [0.2, 0.25) is 0 Å². The summed E-state index contributed by atoms with van der Waals surface area (Å²) in [5, 5.41) is 0.791. The molecule has 0 N–H and O–H groups in total. The first-order chi connectivity index (χ1) is 13.4. The predicted molar refractivity (Wildman–Crippen MR) is 108 cm³/mol. The summed E-state index contributed by atoms with van der Waals surface area (Å²) in [6, 6.07) is 12.8. The molecule has 1 atom stereocenters. The third-order valence-corrected chi connectivity index (χ3v) is 7.56. The van der Waals surface area contributed by atoms with E-state index in [2.05, 4.69) is 4.98 Å². The topological polar surface area (TPSA) is 80.5 Å². The molecule has 1 aliphatic rings. The van der Waals surface area contributed by atoms with E-state index in [0.717, 1.165) is 15.4 Å². The molecule has 3 heterocycles. The number of hydrogen-bond acceptors (Lipinski definition) is 6. The van der Waals surface area contributed by atoms with Crippen molar-refractivity contribution in [2.75, 3.05) is 11.5 Å². The van der Waals surface area contributed by atoms with E-state index < -0.39 is 9.84 Å². The lowest BCUT2D eigenvalue weighted by atomic mass is 10.1. The fraction of sp³-hybridized carbons (Fsp3) is 0.300. The van der Waals surface area contributed by atoms with Crippen molar-refractivity contribution in [1.29, 1.82) is 0 Å². The summed E-state index contributed by atoms with van der Waals surface area (Å²) in [6.45, 7) is 2.08. The molecule has 3 aromatic rings. The van der Waals surface area contributed by atoms with Crippen molar-refractivity contribution in [2.24, 2.45) is 0 Å². The molecule has 0 saturated carbocycles. The average molecular weight is 417 g/mol. The highest BCUT2D eigenvalue weighted by atomic mass is 32.2. The highest BCUT2D eigenvalue weighted by Gasteiger charge is 2.37. The third-order valence-electron chi connectivity index (χ3n) is 4.79. The molecule has 0 radical (unpaired) electrons. The van der Waals surface area contributed by atoms with Gasteiger partial charge in [-0.15, -0.1) is 11.3 Å². The number of sulfone groups is 1. The van der Waals surface area contributed by atoms with Gasteiger partial charge in [0.15, 0.2) is 9.84 Å². The lowest BCUT2D eigenvalue weighted by Crippen LogP contribution is -2.41. The number of nitrogens with zero attached hydrogens (tertiary/aromatic N) is 2. The zero-order chi connectivity index (χ0) is 19.7. The SMILES string of the molecule is Cc1nc(C(=O)N(Cc2ccco2)C2CCS(=O)(=O)C2)c(-c2ccccc2)s1. The van der Waals surface area contributed by atoms with Gasteiger partial charge in [-0.25, -0.2) is 13.4 Å². The zero-order valence-electron chi connectivity index (χ0n) is 15.4. The van der Waals surface area contributed by atoms with Gasteiger partial charge in [0.05, 0.1) is 34.2 Å². The molecule has 0 spiro atoms. The van der Waals surface area contributed by atoms with E-state index in [1.165, 1.54) is 11.3 Å². The molecule has 1 aromatic carbocycles. The minimum atomic E-state index is -3.13. The Morgan fingerprint density at radius 2 is 2.04 bits per heavy atom. The van der Waals surface area contributed by atoms with Gasteiger partial charge in [-0.3, -0.25) is 4.79 Å². The Balaban J connectivity index is 1.72. The van der Waals surface area contributed by atoms with Crippen LogP contribution in [0.4, 0.5) is 0 Å². The summed E-state index contributed by atoms with van der Waals surface area (Å²) in [6.07, 6.45) is 1.98. The van der Waals surface area contributed by atoms with E-state index in [1.807, 2.05) is 37.3 Å². The van der Waals surface area contributed by atoms with Crippen molar-refractivity contribution in [3.8, 4) is 10.4 Å². The number of furan rings is 1. The highest BCUT2D eigenvalue weighted by Crippen LogP contribution is 2.32. The minimum Gasteiger partial charge on any atom is -0.467 e. The quantitative estimate of drug-likeness (QED) is 0.635. The Labute approximate surface area is 167 Å². The van der Waals surface area contributed by atoms with Crippen molar-refractivity contribution in [3.63, 3.8) is 0 Å². The molecule has 1 amide bonds. The van der Waals surface area contributed by atoms with Crippen molar-refractivity contribution in [3.05, 3.63) is 65.2 Å². The second kappa shape index (κ2) is 7.52. The molecule has 146 valence electrons. The Morgan fingerprint density at radius 1 is 1.25 bits per heavy atom. The standard InChI is InChI=1S/C20H20N2O4S2/c1-14-21-18(19(27-14)15-6-3-2-4-7-15)20(23)22(12-17-8-5-10-26-17)16-9-11-28(24,25)13-16/h2-8,10,16H,9,11-13H2,1H3. The van der Waals surface area contributed by atoms with Gasteiger partial charge < -0.3 is 9.32 Å². The van der Waals surface area contributed by atoms with Crippen molar-refractivity contribution in [2.45, 2.75) is 25.9 Å². The maximum atomic E-state index is 13.5. The average Bonchev–Trinajstić information content (AvgIpc) is 3.40. The molecule has 1 unspecified atom stereocenters. The molecule has 1 aliphatic heterocycles. The lowest BCUT2D eigenvalue weighted by Gasteiger charge is -2.27. The van der Waals surface area contributed by atoms with Gasteiger partial charge in [-0.1, -0.05) is 30.3 Å². The molecule has 0 aliphatic carbocycles. The molecule has 8 heteroatoms. The second-order valence-electron chi connectivity index (χ2n) is 6.85. The summed E-state index contributed by atoms with van der Waals surface area (Å²) < 4.78 is 29.5. The van der Waals surface area contributed by atoms with Gasteiger partial charge in [0.25, 0.3) is 5.91 Å². The fourth-order valence-corrected chi connectivity index (χ4v) is 6.10. The second-order valence-corrected chi connectivity index (χ2v) is 10.3. The number of carbonyl (C=O) groups excluding carboxylic acids is 1. The summed E-state index contributed by atoms with van der Waals surface area (Å²) in [5.74, 6) is 0.428. The fourth-order valence-electron chi connectivity index (χ4n) is 3.45. The minimum absolute atomic E-state index is 0.0246. The van der Waals surface area contributed by atoms with Gasteiger partial charge in [0.1, 0.15) is 11.5 Å². The monoisotopic (exact) mass is 416 g/mol. The smallest absolute Gasteiger partial charge is 0.274 e. The zero-order valence-corrected chi connectivity index (χ0v) is 17.0. The first-order valence-corrected chi connectivity index (χ1v) is 11.6. The number of thiazole rings is 1. The lowest BCUT2D eigenvalue weighted by molar-refractivity contribution is 0.0661. The van der Waals surface area contributed by atoms with E-state index in [4.69, 9.17) is 4.42 Å². The predicted octanol–water partition coefficient (Wildman–Crippen LogP) is 3.54. The Bertz CT molecular complexity index is 1070. The Hall–Kier alpha value is -2.45. The Kier molecular flexibility index (Phi) is 5.07. The van der Waals surface area contributed by atoms with E-state index in [0.29, 0.717) is 17.9 Å². The van der Waals surface area contributed by atoms with Crippen LogP contribution in [-0.2, 0) is 16.4 Å². The van der Waals surface area contributed by atoms with Gasteiger partial charge >= 0.3 is 0 Å². The van der Waals surface area contributed by atoms with Crippen LogP contribution in [0.5, 0.6) is 0 Å². The number of aryl methyl sites for hydroxylation is 1. The van der Waals surface area contributed by atoms with Crippen molar-refractivity contribution < 1.29 is 17.6 Å². The van der Waals surface area contributed by atoms with Gasteiger partial charge in [0, 0.05) is 6.04 Å². The number of rotatable bonds is 5. The van der Waals surface area contributed by atoms with Crippen LogP contribution in [0, 0.1) is 6.92 Å². The number of aromatic nitrogens is 1. The van der Waals surface area contributed by atoms with Crippen LogP contribution in [0.25, 0.3) is 10.4 Å². The number of carbonyl (C=O) groups is 1. The molecule has 0 bridgehead atoms. The van der Waals surface area contributed by atoms with E-state index in [9.17, 15) is 13.2 Å². The van der Waals surface area contributed by atoms with E-state index in [1.54, 1.807) is 23.3 Å². The molecule has 1 fully saturated rings. The van der Waals surface area contributed by atoms with Crippen LogP contribution in [0.15, 0.2) is 53.1 Å². The molecule has 6 nitrogen and oxygen atoms in total. The molecule has 2 aromatic heterocycles. The van der Waals surface area contributed by atoms with Crippen LogP contribution in [0.1, 0.15) is 27.7 Å². The summed E-state index contributed by atoms with van der Waals surface area (Å²) >= 11 is 1.46. The highest BCUT2D eigenvalue weighted by molar-refractivity contribution is 7.91. The molecule has 4 rings (SSSR count). The number of amides is 1. The van der Waals surface area contributed by atoms with Crippen LogP contribution >= 0.6 is 11.3 Å². The van der Waals surface area contributed by atoms with Crippen LogP contribution in [0.3, 0.4) is 0 Å². The molecular formula is C20H20N2O4S2. The maximum Gasteiger partial charge on any atom is 0.274 e. The summed E-state index contributed by atoms with van der Waals surface area (Å²) in [7, 11) is -3.13. The van der Waals surface area contributed by atoms with Crippen LogP contribution < -0.4 is 0 Å². The van der Waals surface area contributed by atoms with Crippen molar-refractivity contribution in [1.82, 2.24) is 9.88 Å². The van der Waals surface area contributed by atoms with Crippen LogP contribution in [0.2, 0.25) is 0 Å².